The lowest BCUT2D eigenvalue weighted by molar-refractivity contribution is -0.0556. The van der Waals surface area contributed by atoms with Crippen LogP contribution in [0.25, 0.3) is 0 Å². The molecule has 0 spiro atoms. The molecular formula is C27H27ClF2N6O3. The second-order valence-electron chi connectivity index (χ2n) is 8.87. The summed E-state index contributed by atoms with van der Waals surface area (Å²) in [5, 5.41) is 7.10. The maximum Gasteiger partial charge on any atom is 0.388 e. The average Bonchev–Trinajstić information content (AvgIpc) is 3.29. The van der Waals surface area contributed by atoms with Crippen molar-refractivity contribution in [1.29, 1.82) is 0 Å². The highest BCUT2D eigenvalue weighted by Crippen LogP contribution is 2.37. The van der Waals surface area contributed by atoms with Crippen LogP contribution in [0.4, 0.5) is 20.2 Å². The van der Waals surface area contributed by atoms with Crippen molar-refractivity contribution in [3.63, 3.8) is 0 Å². The molecule has 1 aromatic heterocycles. The Kier molecular flexibility index (Phi) is 8.70. The van der Waals surface area contributed by atoms with Crippen LogP contribution in [0, 0.1) is 0 Å². The summed E-state index contributed by atoms with van der Waals surface area (Å²) in [7, 11) is 1.41. The van der Waals surface area contributed by atoms with Crippen LogP contribution in [0.5, 0.6) is 5.88 Å². The summed E-state index contributed by atoms with van der Waals surface area (Å²) in [6, 6.07) is 12.2. The lowest BCUT2D eigenvalue weighted by atomic mass is 9.85. The summed E-state index contributed by atoms with van der Waals surface area (Å²) in [5.74, 6) is -1.45. The van der Waals surface area contributed by atoms with Crippen LogP contribution in [0.2, 0.25) is 5.02 Å². The van der Waals surface area contributed by atoms with Crippen molar-refractivity contribution in [1.82, 2.24) is 20.0 Å². The van der Waals surface area contributed by atoms with Gasteiger partial charge in [-0.05, 0) is 37.8 Å². The Morgan fingerprint density at radius 2 is 2.03 bits per heavy atom. The summed E-state index contributed by atoms with van der Waals surface area (Å²) >= 11 is 6.40. The highest BCUT2D eigenvalue weighted by atomic mass is 35.5. The summed E-state index contributed by atoms with van der Waals surface area (Å²) in [4.78, 5) is 36.5. The Balaban J connectivity index is 1.59. The number of piperidine rings is 1. The number of rotatable bonds is 8. The fraction of sp³-hybridized carbons (Fsp3) is 0.296. The molecule has 2 amide bonds. The molecule has 0 radical (unpaired) electrons. The van der Waals surface area contributed by atoms with E-state index in [-0.39, 0.29) is 34.3 Å². The van der Waals surface area contributed by atoms with E-state index in [0.717, 1.165) is 10.2 Å². The molecule has 1 aliphatic rings. The maximum atomic E-state index is 13.5. The lowest BCUT2D eigenvalue weighted by Crippen LogP contribution is -2.51. The van der Waals surface area contributed by atoms with E-state index in [4.69, 9.17) is 11.6 Å². The van der Waals surface area contributed by atoms with Crippen molar-refractivity contribution in [3.8, 4) is 5.88 Å². The van der Waals surface area contributed by atoms with Crippen LogP contribution < -0.4 is 10.1 Å². The van der Waals surface area contributed by atoms with E-state index in [1.807, 2.05) is 30.3 Å². The van der Waals surface area contributed by atoms with E-state index in [2.05, 4.69) is 31.9 Å². The quantitative estimate of drug-likeness (QED) is 0.387. The molecule has 2 aromatic carbocycles. The van der Waals surface area contributed by atoms with Crippen LogP contribution in [-0.2, 0) is 7.05 Å². The van der Waals surface area contributed by atoms with Crippen molar-refractivity contribution in [2.24, 2.45) is 17.0 Å². The number of halogens is 3. The second kappa shape index (κ2) is 12.2. The van der Waals surface area contributed by atoms with Gasteiger partial charge in [0.1, 0.15) is 11.3 Å². The Labute approximate surface area is 229 Å². The molecule has 2 heterocycles. The number of alkyl halides is 2. The first-order valence-corrected chi connectivity index (χ1v) is 12.5. The molecule has 12 heteroatoms. The molecule has 2 atom stereocenters. The van der Waals surface area contributed by atoms with Gasteiger partial charge in [0.15, 0.2) is 0 Å². The van der Waals surface area contributed by atoms with E-state index in [9.17, 15) is 18.4 Å². The second-order valence-corrected chi connectivity index (χ2v) is 9.28. The predicted molar refractivity (Wildman–Crippen MR) is 145 cm³/mol. The SMILES string of the molecule is C=Nc1cc(C(=O)N2CC[C@@H](NC(=O)c3cnn(C)c3OC(F)F)[C@@H](c3ccccc3)C2)cc(Cl)c1/N=C\C. The number of hydrogen-bond acceptors (Lipinski definition) is 6. The third kappa shape index (κ3) is 6.14. The summed E-state index contributed by atoms with van der Waals surface area (Å²) in [6.07, 6.45) is 3.18. The van der Waals surface area contributed by atoms with Gasteiger partial charge < -0.3 is 15.0 Å². The molecule has 1 N–H and O–H groups in total. The Morgan fingerprint density at radius 1 is 1.28 bits per heavy atom. The van der Waals surface area contributed by atoms with Gasteiger partial charge in [0.25, 0.3) is 11.8 Å². The van der Waals surface area contributed by atoms with Crippen molar-refractivity contribution in [3.05, 3.63) is 70.4 Å². The molecule has 3 aromatic rings. The number of amides is 2. The minimum absolute atomic E-state index is 0.1000. The largest absolute Gasteiger partial charge is 0.416 e. The summed E-state index contributed by atoms with van der Waals surface area (Å²) in [5.41, 5.74) is 1.98. The molecule has 0 bridgehead atoms. The van der Waals surface area contributed by atoms with Crippen LogP contribution in [0.3, 0.4) is 0 Å². The van der Waals surface area contributed by atoms with Crippen molar-refractivity contribution >= 4 is 47.7 Å². The molecule has 204 valence electrons. The molecule has 39 heavy (non-hydrogen) atoms. The first-order valence-electron chi connectivity index (χ1n) is 12.1. The predicted octanol–water partition coefficient (Wildman–Crippen LogP) is 5.16. The average molecular weight is 557 g/mol. The van der Waals surface area contributed by atoms with E-state index in [0.29, 0.717) is 36.4 Å². The third-order valence-corrected chi connectivity index (χ3v) is 6.78. The molecule has 9 nitrogen and oxygen atoms in total. The first kappa shape index (κ1) is 27.9. The van der Waals surface area contributed by atoms with Gasteiger partial charge in [0.2, 0.25) is 5.88 Å². The van der Waals surface area contributed by atoms with Crippen LogP contribution in [0.15, 0.2) is 58.6 Å². The Bertz CT molecular complexity index is 1400. The van der Waals surface area contributed by atoms with Crippen molar-refractivity contribution in [2.45, 2.75) is 31.9 Å². The van der Waals surface area contributed by atoms with Gasteiger partial charge in [-0.25, -0.2) is 4.68 Å². The zero-order valence-electron chi connectivity index (χ0n) is 21.4. The molecular weight excluding hydrogens is 530 g/mol. The molecule has 4 rings (SSSR count). The standard InChI is InChI=1S/C27H27ClF2N6O3/c1-4-32-23-20(28)12-17(13-22(23)31-2)25(38)36-11-10-21(19(15-36)16-8-6-5-7-9-16)34-24(37)18-14-33-35(3)26(18)39-27(29)30/h4-9,12-14,19,21,27H,2,10-11,15H2,1,3H3,(H,34,37)/b32-4-/t19-,21-/m1/s1. The zero-order valence-corrected chi connectivity index (χ0v) is 22.1. The molecule has 1 aliphatic heterocycles. The topological polar surface area (TPSA) is 101 Å². The van der Waals surface area contributed by atoms with Crippen LogP contribution >= 0.6 is 11.6 Å². The number of likely N-dealkylation sites (tertiary alicyclic amines) is 1. The fourth-order valence-electron chi connectivity index (χ4n) is 4.67. The van der Waals surface area contributed by atoms with Crippen LogP contribution in [-0.4, -0.2) is 65.2 Å². The summed E-state index contributed by atoms with van der Waals surface area (Å²) in [6.45, 7) is 2.84. The fourth-order valence-corrected chi connectivity index (χ4v) is 4.93. The number of carbonyl (C=O) groups is 2. The summed E-state index contributed by atoms with van der Waals surface area (Å²) < 4.78 is 31.4. The van der Waals surface area contributed by atoms with Gasteiger partial charge in [-0.15, -0.1) is 0 Å². The van der Waals surface area contributed by atoms with E-state index in [1.165, 1.54) is 13.2 Å². The number of aromatic nitrogens is 2. The molecule has 1 fully saturated rings. The Morgan fingerprint density at radius 3 is 2.69 bits per heavy atom. The van der Waals surface area contributed by atoms with Crippen molar-refractivity contribution in [2.75, 3.05) is 13.1 Å². The highest BCUT2D eigenvalue weighted by Gasteiger charge is 2.35. The maximum absolute atomic E-state index is 13.5. The van der Waals surface area contributed by atoms with Gasteiger partial charge in [0.05, 0.1) is 16.9 Å². The Hall–Kier alpha value is -4.12. The monoisotopic (exact) mass is 556 g/mol. The number of hydrogen-bond donors (Lipinski definition) is 1. The molecule has 0 unspecified atom stereocenters. The minimum Gasteiger partial charge on any atom is -0.416 e. The van der Waals surface area contributed by atoms with Gasteiger partial charge in [-0.3, -0.25) is 19.6 Å². The number of nitrogens with one attached hydrogen (secondary N) is 1. The first-order chi connectivity index (χ1) is 18.7. The highest BCUT2D eigenvalue weighted by molar-refractivity contribution is 6.34. The molecule has 0 saturated carbocycles. The van der Waals surface area contributed by atoms with Gasteiger partial charge in [-0.2, -0.15) is 13.9 Å². The smallest absolute Gasteiger partial charge is 0.388 e. The van der Waals surface area contributed by atoms with Gasteiger partial charge in [-0.1, -0.05) is 41.9 Å². The number of aliphatic imine (C=N–C) groups is 2. The van der Waals surface area contributed by atoms with E-state index in [1.54, 1.807) is 30.2 Å². The number of carbonyl (C=O) groups excluding carboxylic acids is 2. The number of aryl methyl sites for hydroxylation is 1. The van der Waals surface area contributed by atoms with E-state index >= 15 is 0 Å². The minimum atomic E-state index is -3.11. The molecule has 1 saturated heterocycles. The normalized spacial score (nSPS) is 17.4. The van der Waals surface area contributed by atoms with Gasteiger partial charge >= 0.3 is 6.61 Å². The number of benzene rings is 2. The number of nitrogens with zero attached hydrogens (tertiary/aromatic N) is 5. The zero-order chi connectivity index (χ0) is 28.1. The van der Waals surface area contributed by atoms with Crippen molar-refractivity contribution < 1.29 is 23.1 Å². The molecule has 0 aliphatic carbocycles. The third-order valence-electron chi connectivity index (χ3n) is 6.49. The van der Waals surface area contributed by atoms with Crippen LogP contribution in [0.1, 0.15) is 45.5 Å². The lowest BCUT2D eigenvalue weighted by Gasteiger charge is -2.39. The van der Waals surface area contributed by atoms with Gasteiger partial charge in [0, 0.05) is 43.9 Å². The number of ether oxygens (including phenoxy) is 1. The van der Waals surface area contributed by atoms with E-state index < -0.39 is 12.5 Å².